The van der Waals surface area contributed by atoms with Crippen LogP contribution in [0.1, 0.15) is 51.6 Å². The lowest BCUT2D eigenvalue weighted by Crippen LogP contribution is -2.19. The highest BCUT2D eigenvalue weighted by molar-refractivity contribution is 6.03. The predicted molar refractivity (Wildman–Crippen MR) is 131 cm³/mol. The quantitative estimate of drug-likeness (QED) is 0.283. The Morgan fingerprint density at radius 3 is 2.56 bits per heavy atom. The second-order valence-corrected chi connectivity index (χ2v) is 8.19. The molecule has 0 aliphatic carbocycles. The van der Waals surface area contributed by atoms with Gasteiger partial charge in [-0.1, -0.05) is 31.5 Å². The fourth-order valence-electron chi connectivity index (χ4n) is 3.86. The number of carbonyl (C=O) groups is 2. The number of benzene rings is 3. The van der Waals surface area contributed by atoms with Crippen LogP contribution in [0.2, 0.25) is 0 Å². The lowest BCUT2D eigenvalue weighted by molar-refractivity contribution is 0.0697. The summed E-state index contributed by atoms with van der Waals surface area (Å²) >= 11 is 0. The molecule has 0 fully saturated rings. The normalized spacial score (nSPS) is 11.5. The van der Waals surface area contributed by atoms with Crippen LogP contribution in [-0.4, -0.2) is 30.6 Å². The SMILES string of the molecule is CCCCOc1cccc(CCc2ccc3c(c2)Nc2c(cc(C(=O)NC)cc2C(=O)O)O3)c1. The van der Waals surface area contributed by atoms with E-state index in [-0.39, 0.29) is 17.0 Å². The van der Waals surface area contributed by atoms with Gasteiger partial charge in [-0.25, -0.2) is 4.79 Å². The summed E-state index contributed by atoms with van der Waals surface area (Å²) in [5.41, 5.74) is 3.51. The Labute approximate surface area is 198 Å². The topological polar surface area (TPSA) is 96.9 Å². The summed E-state index contributed by atoms with van der Waals surface area (Å²) in [5, 5.41) is 15.4. The molecule has 0 radical (unpaired) electrons. The zero-order valence-corrected chi connectivity index (χ0v) is 19.3. The number of amides is 1. The van der Waals surface area contributed by atoms with E-state index < -0.39 is 5.97 Å². The molecule has 7 nitrogen and oxygen atoms in total. The monoisotopic (exact) mass is 460 g/mol. The number of carboxylic acids is 1. The Morgan fingerprint density at radius 2 is 1.82 bits per heavy atom. The van der Waals surface area contributed by atoms with E-state index in [0.717, 1.165) is 43.6 Å². The zero-order chi connectivity index (χ0) is 24.1. The maximum Gasteiger partial charge on any atom is 0.337 e. The van der Waals surface area contributed by atoms with Crippen LogP contribution in [0.5, 0.6) is 17.2 Å². The van der Waals surface area contributed by atoms with E-state index in [2.05, 4.69) is 29.7 Å². The summed E-state index contributed by atoms with van der Waals surface area (Å²) in [4.78, 5) is 23.9. The van der Waals surface area contributed by atoms with Crippen LogP contribution < -0.4 is 20.1 Å². The summed E-state index contributed by atoms with van der Waals surface area (Å²) in [6.07, 6.45) is 3.79. The van der Waals surface area contributed by atoms with Crippen molar-refractivity contribution in [3.8, 4) is 17.2 Å². The third kappa shape index (κ3) is 5.14. The Hall–Kier alpha value is -4.00. The molecule has 3 N–H and O–H groups in total. The van der Waals surface area contributed by atoms with E-state index >= 15 is 0 Å². The number of rotatable bonds is 9. The van der Waals surface area contributed by atoms with Crippen molar-refractivity contribution < 1.29 is 24.2 Å². The molecule has 0 spiro atoms. The molecule has 1 aliphatic rings. The number of anilines is 2. The van der Waals surface area contributed by atoms with Crippen molar-refractivity contribution in [2.45, 2.75) is 32.6 Å². The number of hydrogen-bond acceptors (Lipinski definition) is 5. The molecule has 34 heavy (non-hydrogen) atoms. The van der Waals surface area contributed by atoms with Gasteiger partial charge in [-0.2, -0.15) is 0 Å². The molecule has 3 aromatic carbocycles. The van der Waals surface area contributed by atoms with Crippen LogP contribution in [0.15, 0.2) is 54.6 Å². The molecule has 0 unspecified atom stereocenters. The smallest absolute Gasteiger partial charge is 0.337 e. The van der Waals surface area contributed by atoms with Crippen molar-refractivity contribution in [2.24, 2.45) is 0 Å². The molecule has 0 bridgehead atoms. The molecule has 0 saturated heterocycles. The van der Waals surface area contributed by atoms with Gasteiger partial charge in [-0.15, -0.1) is 0 Å². The van der Waals surface area contributed by atoms with Gasteiger partial charge in [-0.3, -0.25) is 4.79 Å². The molecule has 1 amide bonds. The van der Waals surface area contributed by atoms with E-state index in [1.165, 1.54) is 18.7 Å². The Bertz CT molecular complexity index is 1220. The van der Waals surface area contributed by atoms with Gasteiger partial charge in [0.2, 0.25) is 0 Å². The number of nitrogens with one attached hydrogen (secondary N) is 2. The van der Waals surface area contributed by atoms with Crippen molar-refractivity contribution in [2.75, 3.05) is 19.0 Å². The van der Waals surface area contributed by atoms with Gasteiger partial charge in [0.1, 0.15) is 5.75 Å². The second kappa shape index (κ2) is 10.3. The fourth-order valence-corrected chi connectivity index (χ4v) is 3.86. The van der Waals surface area contributed by atoms with Crippen LogP contribution in [0.3, 0.4) is 0 Å². The molecule has 3 aromatic rings. The third-order valence-corrected chi connectivity index (χ3v) is 5.71. The number of unbranched alkanes of at least 4 members (excludes halogenated alkanes) is 1. The van der Waals surface area contributed by atoms with Gasteiger partial charge in [0.25, 0.3) is 5.91 Å². The number of hydrogen-bond donors (Lipinski definition) is 3. The molecule has 1 heterocycles. The van der Waals surface area contributed by atoms with Gasteiger partial charge >= 0.3 is 5.97 Å². The Kier molecular flexibility index (Phi) is 7.01. The van der Waals surface area contributed by atoms with E-state index in [4.69, 9.17) is 9.47 Å². The van der Waals surface area contributed by atoms with Crippen molar-refractivity contribution in [3.05, 3.63) is 76.9 Å². The maximum atomic E-state index is 12.1. The van der Waals surface area contributed by atoms with Crippen LogP contribution in [-0.2, 0) is 12.8 Å². The predicted octanol–water partition coefficient (Wildman–Crippen LogP) is 5.56. The highest BCUT2D eigenvalue weighted by Gasteiger charge is 2.25. The first-order valence-electron chi connectivity index (χ1n) is 11.4. The zero-order valence-electron chi connectivity index (χ0n) is 19.3. The van der Waals surface area contributed by atoms with Crippen molar-refractivity contribution in [1.82, 2.24) is 5.32 Å². The van der Waals surface area contributed by atoms with Crippen LogP contribution in [0, 0.1) is 0 Å². The van der Waals surface area contributed by atoms with E-state index in [9.17, 15) is 14.7 Å². The Morgan fingerprint density at radius 1 is 1.03 bits per heavy atom. The van der Waals surface area contributed by atoms with Gasteiger partial charge < -0.3 is 25.2 Å². The number of aryl methyl sites for hydroxylation is 2. The highest BCUT2D eigenvalue weighted by Crippen LogP contribution is 2.44. The number of aromatic carboxylic acids is 1. The van der Waals surface area contributed by atoms with E-state index in [0.29, 0.717) is 22.9 Å². The minimum absolute atomic E-state index is 0.0213. The van der Waals surface area contributed by atoms with Crippen molar-refractivity contribution >= 4 is 23.3 Å². The van der Waals surface area contributed by atoms with Crippen LogP contribution >= 0.6 is 0 Å². The van der Waals surface area contributed by atoms with E-state index in [1.54, 1.807) is 6.07 Å². The molecule has 0 atom stereocenters. The van der Waals surface area contributed by atoms with Gasteiger partial charge in [0.05, 0.1) is 23.5 Å². The first-order chi connectivity index (χ1) is 16.5. The second-order valence-electron chi connectivity index (χ2n) is 8.19. The molecular weight excluding hydrogens is 432 g/mol. The van der Waals surface area contributed by atoms with Crippen LogP contribution in [0.25, 0.3) is 0 Å². The standard InChI is InChI=1S/C27H28N2O5/c1-3-4-12-33-20-7-5-6-17(13-20)8-9-18-10-11-23-22(14-18)29-25-21(27(31)32)15-19(26(30)28-2)16-24(25)34-23/h5-7,10-11,13-16,29H,3-4,8-9,12H2,1-2H3,(H,28,30)(H,31,32). The molecule has 176 valence electrons. The minimum atomic E-state index is -1.14. The van der Waals surface area contributed by atoms with Gasteiger partial charge in [-0.05, 0) is 66.8 Å². The lowest BCUT2D eigenvalue weighted by Gasteiger charge is -2.24. The lowest BCUT2D eigenvalue weighted by atomic mass is 10.0. The average Bonchev–Trinajstić information content (AvgIpc) is 2.85. The first-order valence-corrected chi connectivity index (χ1v) is 11.4. The summed E-state index contributed by atoms with van der Waals surface area (Å²) in [6.45, 7) is 2.86. The third-order valence-electron chi connectivity index (χ3n) is 5.71. The maximum absolute atomic E-state index is 12.1. The molecule has 7 heteroatoms. The van der Waals surface area contributed by atoms with Crippen LogP contribution in [0.4, 0.5) is 11.4 Å². The number of fused-ring (bicyclic) bond motifs is 2. The summed E-state index contributed by atoms with van der Waals surface area (Å²) in [7, 11) is 1.49. The number of carbonyl (C=O) groups excluding carboxylic acids is 1. The first kappa shape index (κ1) is 23.2. The average molecular weight is 461 g/mol. The van der Waals surface area contributed by atoms with Crippen molar-refractivity contribution in [1.29, 1.82) is 0 Å². The van der Waals surface area contributed by atoms with Gasteiger partial charge in [0, 0.05) is 12.6 Å². The minimum Gasteiger partial charge on any atom is -0.494 e. The molecule has 4 rings (SSSR count). The summed E-state index contributed by atoms with van der Waals surface area (Å²) < 4.78 is 11.8. The Balaban J connectivity index is 1.50. The summed E-state index contributed by atoms with van der Waals surface area (Å²) in [5.74, 6) is 0.251. The molecule has 1 aliphatic heterocycles. The number of ether oxygens (including phenoxy) is 2. The molecular formula is C27H28N2O5. The molecule has 0 saturated carbocycles. The molecule has 0 aromatic heterocycles. The number of carboxylic acid groups (broad SMARTS) is 1. The van der Waals surface area contributed by atoms with Gasteiger partial charge in [0.15, 0.2) is 11.5 Å². The largest absolute Gasteiger partial charge is 0.494 e. The van der Waals surface area contributed by atoms with E-state index in [1.807, 2.05) is 30.3 Å². The highest BCUT2D eigenvalue weighted by atomic mass is 16.5. The fraction of sp³-hybridized carbons (Fsp3) is 0.259. The summed E-state index contributed by atoms with van der Waals surface area (Å²) in [6, 6.07) is 16.9. The van der Waals surface area contributed by atoms with Crippen molar-refractivity contribution in [3.63, 3.8) is 0 Å².